The van der Waals surface area contributed by atoms with Gasteiger partial charge in [-0.25, -0.2) is 4.39 Å². The lowest BCUT2D eigenvalue weighted by Crippen LogP contribution is -1.95. The van der Waals surface area contributed by atoms with E-state index in [4.69, 9.17) is 4.74 Å². The number of hydrogen-bond donors (Lipinski definition) is 1. The van der Waals surface area contributed by atoms with E-state index in [-0.39, 0.29) is 22.1 Å². The van der Waals surface area contributed by atoms with Crippen molar-refractivity contribution in [3.05, 3.63) is 52.3 Å². The predicted molar refractivity (Wildman–Crippen MR) is 71.8 cm³/mol. The first-order valence-corrected chi connectivity index (χ1v) is 6.31. The highest BCUT2D eigenvalue weighted by molar-refractivity contribution is 7.99. The molecule has 0 radical (unpaired) electrons. The summed E-state index contributed by atoms with van der Waals surface area (Å²) in [6.45, 7) is 0. The molecule has 0 saturated heterocycles. The molecule has 0 bridgehead atoms. The topological polar surface area (TPSA) is 72.6 Å². The molecule has 0 amide bonds. The van der Waals surface area contributed by atoms with E-state index in [0.717, 1.165) is 17.8 Å². The zero-order valence-electron chi connectivity index (χ0n) is 10.4. The smallest absolute Gasteiger partial charge is 0.286 e. The molecule has 0 spiro atoms. The number of aromatic hydroxyl groups is 1. The van der Waals surface area contributed by atoms with Crippen molar-refractivity contribution in [1.82, 2.24) is 0 Å². The van der Waals surface area contributed by atoms with Gasteiger partial charge in [0.25, 0.3) is 5.69 Å². The predicted octanol–water partition coefficient (Wildman–Crippen LogP) is 3.60. The van der Waals surface area contributed by atoms with Gasteiger partial charge in [0.2, 0.25) is 0 Å². The number of nitro benzene ring substituents is 1. The number of rotatable bonds is 4. The van der Waals surface area contributed by atoms with E-state index in [9.17, 15) is 19.6 Å². The fourth-order valence-corrected chi connectivity index (χ4v) is 2.48. The Bertz CT molecular complexity index is 646. The second-order valence-corrected chi connectivity index (χ2v) is 4.92. The van der Waals surface area contributed by atoms with Gasteiger partial charge in [-0.15, -0.1) is 0 Å². The quantitative estimate of drug-likeness (QED) is 0.689. The Labute approximate surface area is 118 Å². The molecule has 2 rings (SSSR count). The van der Waals surface area contributed by atoms with Crippen molar-refractivity contribution in [2.75, 3.05) is 7.11 Å². The van der Waals surface area contributed by atoms with Gasteiger partial charge in [0, 0.05) is 11.0 Å². The van der Waals surface area contributed by atoms with Crippen LogP contribution in [-0.4, -0.2) is 17.1 Å². The minimum absolute atomic E-state index is 0.0584. The van der Waals surface area contributed by atoms with Gasteiger partial charge in [-0.05, 0) is 24.3 Å². The van der Waals surface area contributed by atoms with Crippen molar-refractivity contribution in [1.29, 1.82) is 0 Å². The zero-order chi connectivity index (χ0) is 14.7. The summed E-state index contributed by atoms with van der Waals surface area (Å²) in [5, 5.41) is 20.2. The maximum absolute atomic E-state index is 13.5. The van der Waals surface area contributed by atoms with Crippen LogP contribution in [0.1, 0.15) is 0 Å². The summed E-state index contributed by atoms with van der Waals surface area (Å²) in [4.78, 5) is 11.3. The maximum atomic E-state index is 13.5. The average molecular weight is 295 g/mol. The number of nitrogens with zero attached hydrogens (tertiary/aromatic N) is 1. The molecule has 2 aromatic carbocycles. The molecule has 0 fully saturated rings. The summed E-state index contributed by atoms with van der Waals surface area (Å²) in [6, 6.07) is 8.27. The Morgan fingerprint density at radius 2 is 1.95 bits per heavy atom. The third-order valence-electron chi connectivity index (χ3n) is 2.49. The minimum atomic E-state index is -0.783. The highest BCUT2D eigenvalue weighted by Gasteiger charge is 2.19. The van der Waals surface area contributed by atoms with Crippen LogP contribution in [0.3, 0.4) is 0 Å². The molecule has 0 aliphatic carbocycles. The number of halogens is 1. The van der Waals surface area contributed by atoms with Crippen LogP contribution in [0.15, 0.2) is 46.2 Å². The molecule has 0 atom stereocenters. The fourth-order valence-electron chi connectivity index (χ4n) is 1.55. The van der Waals surface area contributed by atoms with Crippen LogP contribution in [0.5, 0.6) is 11.5 Å². The lowest BCUT2D eigenvalue weighted by atomic mass is 10.3. The van der Waals surface area contributed by atoms with Crippen LogP contribution in [0.25, 0.3) is 0 Å². The number of methoxy groups -OCH3 is 1. The number of nitro groups is 1. The Balaban J connectivity index is 2.43. The van der Waals surface area contributed by atoms with E-state index in [1.807, 2.05) is 0 Å². The van der Waals surface area contributed by atoms with Crippen LogP contribution < -0.4 is 4.74 Å². The number of hydrogen-bond acceptors (Lipinski definition) is 5. The number of phenolic OH excluding ortho intramolecular Hbond substituents is 1. The van der Waals surface area contributed by atoms with E-state index in [1.54, 1.807) is 12.1 Å². The van der Waals surface area contributed by atoms with Crippen LogP contribution in [0.4, 0.5) is 10.1 Å². The lowest BCUT2D eigenvalue weighted by Gasteiger charge is -2.07. The second kappa shape index (κ2) is 5.79. The van der Waals surface area contributed by atoms with Gasteiger partial charge in [0.15, 0.2) is 11.6 Å². The number of ether oxygens (including phenoxy) is 1. The van der Waals surface area contributed by atoms with Gasteiger partial charge in [-0.1, -0.05) is 11.8 Å². The molecule has 0 unspecified atom stereocenters. The van der Waals surface area contributed by atoms with Crippen LogP contribution in [-0.2, 0) is 0 Å². The first kappa shape index (κ1) is 14.1. The highest BCUT2D eigenvalue weighted by atomic mass is 32.2. The number of phenols is 1. The van der Waals surface area contributed by atoms with Gasteiger partial charge >= 0.3 is 0 Å². The molecule has 0 aliphatic heterocycles. The van der Waals surface area contributed by atoms with Crippen LogP contribution in [0.2, 0.25) is 0 Å². The third-order valence-corrected chi connectivity index (χ3v) is 3.55. The fraction of sp³-hybridized carbons (Fsp3) is 0.0769. The summed E-state index contributed by atoms with van der Waals surface area (Å²) in [6.07, 6.45) is 0. The summed E-state index contributed by atoms with van der Waals surface area (Å²) < 4.78 is 18.3. The molecule has 0 aromatic heterocycles. The Morgan fingerprint density at radius 3 is 2.50 bits per heavy atom. The molecule has 7 heteroatoms. The first-order chi connectivity index (χ1) is 9.51. The van der Waals surface area contributed by atoms with E-state index in [2.05, 4.69) is 0 Å². The molecular weight excluding hydrogens is 285 g/mol. The molecule has 0 saturated carbocycles. The Morgan fingerprint density at radius 1 is 1.30 bits per heavy atom. The van der Waals surface area contributed by atoms with Gasteiger partial charge in [0.05, 0.1) is 23.0 Å². The van der Waals surface area contributed by atoms with Crippen molar-refractivity contribution in [2.24, 2.45) is 0 Å². The minimum Gasteiger partial charge on any atom is -0.508 e. The average Bonchev–Trinajstić information content (AvgIpc) is 2.42. The van der Waals surface area contributed by atoms with Gasteiger partial charge in [-0.2, -0.15) is 0 Å². The van der Waals surface area contributed by atoms with Gasteiger partial charge in [-0.3, -0.25) is 10.1 Å². The van der Waals surface area contributed by atoms with E-state index in [1.165, 1.54) is 25.3 Å². The molecule has 0 aliphatic rings. The summed E-state index contributed by atoms with van der Waals surface area (Å²) in [5.41, 5.74) is -0.332. The molecule has 104 valence electrons. The maximum Gasteiger partial charge on any atom is 0.286 e. The van der Waals surface area contributed by atoms with Gasteiger partial charge < -0.3 is 9.84 Å². The second-order valence-electron chi connectivity index (χ2n) is 3.81. The summed E-state index contributed by atoms with van der Waals surface area (Å²) in [5.74, 6) is -0.744. The first-order valence-electron chi connectivity index (χ1n) is 5.50. The van der Waals surface area contributed by atoms with Crippen LogP contribution in [0, 0.1) is 15.9 Å². The largest absolute Gasteiger partial charge is 0.508 e. The zero-order valence-corrected chi connectivity index (χ0v) is 11.2. The highest BCUT2D eigenvalue weighted by Crippen LogP contribution is 2.38. The molecule has 5 nitrogen and oxygen atoms in total. The number of benzene rings is 2. The van der Waals surface area contributed by atoms with Crippen molar-refractivity contribution in [3.8, 4) is 11.5 Å². The summed E-state index contributed by atoms with van der Waals surface area (Å²) in [7, 11) is 1.29. The van der Waals surface area contributed by atoms with Gasteiger partial charge in [0.1, 0.15) is 5.75 Å². The van der Waals surface area contributed by atoms with Crippen molar-refractivity contribution in [2.45, 2.75) is 9.79 Å². The van der Waals surface area contributed by atoms with Crippen molar-refractivity contribution >= 4 is 17.4 Å². The molecular formula is C13H10FNO4S. The molecule has 0 heterocycles. The van der Waals surface area contributed by atoms with Crippen LogP contribution >= 0.6 is 11.8 Å². The van der Waals surface area contributed by atoms with Crippen molar-refractivity contribution in [3.63, 3.8) is 0 Å². The molecule has 1 N–H and O–H groups in total. The lowest BCUT2D eigenvalue weighted by molar-refractivity contribution is -0.387. The Kier molecular flexibility index (Phi) is 4.09. The van der Waals surface area contributed by atoms with E-state index in [0.29, 0.717) is 4.90 Å². The van der Waals surface area contributed by atoms with E-state index >= 15 is 0 Å². The van der Waals surface area contributed by atoms with Crippen molar-refractivity contribution < 1.29 is 19.2 Å². The third kappa shape index (κ3) is 3.00. The monoisotopic (exact) mass is 295 g/mol. The standard InChI is InChI=1S/C13H10FNO4S/c1-19-12-7-13(11(15(17)18)6-10(12)14)20-9-4-2-8(16)3-5-9/h2-7,16H,1H3. The van der Waals surface area contributed by atoms with E-state index < -0.39 is 10.7 Å². The molecule has 2 aromatic rings. The SMILES string of the molecule is COc1cc(Sc2ccc(O)cc2)c([N+](=O)[O-])cc1F. The Hall–Kier alpha value is -2.28. The normalized spacial score (nSPS) is 10.3. The summed E-state index contributed by atoms with van der Waals surface area (Å²) >= 11 is 1.09. The molecule has 20 heavy (non-hydrogen) atoms.